The van der Waals surface area contributed by atoms with E-state index in [1.165, 1.54) is 0 Å². The van der Waals surface area contributed by atoms with Gasteiger partial charge >= 0.3 is 0 Å². The third-order valence-electron chi connectivity index (χ3n) is 2.49. The second-order valence-corrected chi connectivity index (χ2v) is 5.52. The Morgan fingerprint density at radius 1 is 1.50 bits per heavy atom. The van der Waals surface area contributed by atoms with E-state index in [0.29, 0.717) is 0 Å². The van der Waals surface area contributed by atoms with E-state index in [4.69, 9.17) is 17.3 Å². The van der Waals surface area contributed by atoms with E-state index in [9.17, 15) is 0 Å². The number of aromatic nitrogens is 1. The maximum atomic E-state index is 6.01. The lowest BCUT2D eigenvalue weighted by atomic mass is 10.1. The summed E-state index contributed by atoms with van der Waals surface area (Å²) >= 11 is 7.63. The standard InChI is InChI=1S/C12H15ClN2S/c1-2-3-9(14)7-12-15-10-5-4-8(13)6-11(10)16-12/h4-6,9H,2-3,7,14H2,1H3. The molecule has 1 aromatic heterocycles. The lowest BCUT2D eigenvalue weighted by Gasteiger charge is -2.06. The number of nitrogens with two attached hydrogens (primary N) is 1. The van der Waals surface area contributed by atoms with Crippen LogP contribution in [0.4, 0.5) is 0 Å². The van der Waals surface area contributed by atoms with E-state index >= 15 is 0 Å². The zero-order chi connectivity index (χ0) is 11.5. The Hall–Kier alpha value is -0.640. The van der Waals surface area contributed by atoms with Gasteiger partial charge in [0, 0.05) is 17.5 Å². The molecule has 1 aromatic carbocycles. The molecule has 0 spiro atoms. The normalized spacial score (nSPS) is 13.2. The topological polar surface area (TPSA) is 38.9 Å². The van der Waals surface area contributed by atoms with Crippen LogP contribution in [0, 0.1) is 0 Å². The average molecular weight is 255 g/mol. The minimum absolute atomic E-state index is 0.223. The Balaban J connectivity index is 2.19. The lowest BCUT2D eigenvalue weighted by molar-refractivity contribution is 0.599. The predicted octanol–water partition coefficient (Wildman–Crippen LogP) is 3.62. The molecule has 0 aliphatic carbocycles. The Labute approximate surface area is 104 Å². The highest BCUT2D eigenvalue weighted by atomic mass is 35.5. The van der Waals surface area contributed by atoms with E-state index in [0.717, 1.165) is 39.5 Å². The molecule has 0 amide bonds. The molecule has 16 heavy (non-hydrogen) atoms. The van der Waals surface area contributed by atoms with Crippen molar-refractivity contribution >= 4 is 33.2 Å². The number of fused-ring (bicyclic) bond motifs is 1. The van der Waals surface area contributed by atoms with Crippen molar-refractivity contribution in [1.82, 2.24) is 4.98 Å². The minimum Gasteiger partial charge on any atom is -0.327 e. The highest BCUT2D eigenvalue weighted by Crippen LogP contribution is 2.26. The summed E-state index contributed by atoms with van der Waals surface area (Å²) in [6.07, 6.45) is 3.04. The number of hydrogen-bond acceptors (Lipinski definition) is 3. The summed E-state index contributed by atoms with van der Waals surface area (Å²) in [4.78, 5) is 4.56. The van der Waals surface area contributed by atoms with Crippen LogP contribution < -0.4 is 5.73 Å². The number of rotatable bonds is 4. The van der Waals surface area contributed by atoms with Gasteiger partial charge in [-0.05, 0) is 24.6 Å². The molecule has 86 valence electrons. The van der Waals surface area contributed by atoms with E-state index in [-0.39, 0.29) is 6.04 Å². The predicted molar refractivity (Wildman–Crippen MR) is 71.2 cm³/mol. The van der Waals surface area contributed by atoms with Crippen LogP contribution in [0.5, 0.6) is 0 Å². The van der Waals surface area contributed by atoms with E-state index < -0.39 is 0 Å². The third kappa shape index (κ3) is 2.73. The van der Waals surface area contributed by atoms with Crippen molar-refractivity contribution in [2.45, 2.75) is 32.2 Å². The molecule has 0 saturated carbocycles. The molecule has 4 heteroatoms. The number of hydrogen-bond donors (Lipinski definition) is 1. The first-order valence-corrected chi connectivity index (χ1v) is 6.69. The van der Waals surface area contributed by atoms with Gasteiger partial charge < -0.3 is 5.73 Å². The van der Waals surface area contributed by atoms with Crippen LogP contribution in [-0.2, 0) is 6.42 Å². The molecule has 2 aromatic rings. The average Bonchev–Trinajstić information content (AvgIpc) is 2.59. The van der Waals surface area contributed by atoms with Crippen molar-refractivity contribution in [3.63, 3.8) is 0 Å². The molecule has 0 radical (unpaired) electrons. The molecule has 0 saturated heterocycles. The number of benzene rings is 1. The van der Waals surface area contributed by atoms with Gasteiger partial charge in [-0.15, -0.1) is 11.3 Å². The summed E-state index contributed by atoms with van der Waals surface area (Å²) in [7, 11) is 0. The van der Waals surface area contributed by atoms with Crippen LogP contribution in [0.2, 0.25) is 5.02 Å². The maximum absolute atomic E-state index is 6.01. The lowest BCUT2D eigenvalue weighted by Crippen LogP contribution is -2.22. The zero-order valence-electron chi connectivity index (χ0n) is 9.24. The molecule has 0 fully saturated rings. The van der Waals surface area contributed by atoms with Gasteiger partial charge in [0.25, 0.3) is 0 Å². The summed E-state index contributed by atoms with van der Waals surface area (Å²) in [5.41, 5.74) is 7.03. The fourth-order valence-corrected chi connectivity index (χ4v) is 3.07. The van der Waals surface area contributed by atoms with Crippen molar-refractivity contribution < 1.29 is 0 Å². The minimum atomic E-state index is 0.223. The van der Waals surface area contributed by atoms with Gasteiger partial charge in [0.15, 0.2) is 0 Å². The summed E-state index contributed by atoms with van der Waals surface area (Å²) in [6.45, 7) is 2.15. The van der Waals surface area contributed by atoms with Crippen LogP contribution in [-0.4, -0.2) is 11.0 Å². The molecule has 0 aliphatic rings. The molecular weight excluding hydrogens is 240 g/mol. The molecule has 2 rings (SSSR count). The van der Waals surface area contributed by atoms with Crippen LogP contribution in [0.15, 0.2) is 18.2 Å². The summed E-state index contributed by atoms with van der Waals surface area (Å²) < 4.78 is 1.14. The number of thiazole rings is 1. The molecule has 1 unspecified atom stereocenters. The zero-order valence-corrected chi connectivity index (χ0v) is 10.8. The van der Waals surface area contributed by atoms with Gasteiger partial charge in [-0.2, -0.15) is 0 Å². The monoisotopic (exact) mass is 254 g/mol. The van der Waals surface area contributed by atoms with Crippen LogP contribution in [0.1, 0.15) is 24.8 Å². The summed E-state index contributed by atoms with van der Waals surface area (Å²) in [5, 5.41) is 1.87. The van der Waals surface area contributed by atoms with Gasteiger partial charge in [-0.25, -0.2) is 4.98 Å². The van der Waals surface area contributed by atoms with Crippen LogP contribution in [0.25, 0.3) is 10.2 Å². The fourth-order valence-electron chi connectivity index (χ4n) is 1.73. The third-order valence-corrected chi connectivity index (χ3v) is 3.77. The number of nitrogens with zero attached hydrogens (tertiary/aromatic N) is 1. The Morgan fingerprint density at radius 2 is 2.31 bits per heavy atom. The SMILES string of the molecule is CCCC(N)Cc1nc2ccc(Cl)cc2s1. The van der Waals surface area contributed by atoms with Crippen molar-refractivity contribution in [1.29, 1.82) is 0 Å². The molecule has 0 bridgehead atoms. The van der Waals surface area contributed by atoms with Gasteiger partial charge in [0.1, 0.15) is 0 Å². The first-order chi connectivity index (χ1) is 7.69. The Morgan fingerprint density at radius 3 is 3.06 bits per heavy atom. The van der Waals surface area contributed by atoms with Crippen LogP contribution >= 0.6 is 22.9 Å². The largest absolute Gasteiger partial charge is 0.327 e. The number of halogens is 1. The smallest absolute Gasteiger partial charge is 0.0954 e. The van der Waals surface area contributed by atoms with Gasteiger partial charge in [-0.1, -0.05) is 24.9 Å². The highest BCUT2D eigenvalue weighted by molar-refractivity contribution is 7.18. The fraction of sp³-hybridized carbons (Fsp3) is 0.417. The van der Waals surface area contributed by atoms with Crippen LogP contribution in [0.3, 0.4) is 0 Å². The maximum Gasteiger partial charge on any atom is 0.0954 e. The molecule has 1 heterocycles. The van der Waals surface area contributed by atoms with Crippen molar-refractivity contribution in [2.24, 2.45) is 5.73 Å². The molecule has 2 N–H and O–H groups in total. The second kappa shape index (κ2) is 5.13. The first kappa shape index (κ1) is 11.8. The molecular formula is C12H15ClN2S. The molecule has 2 nitrogen and oxygen atoms in total. The van der Waals surface area contributed by atoms with E-state index in [1.54, 1.807) is 11.3 Å². The molecule has 0 aliphatic heterocycles. The van der Waals surface area contributed by atoms with Crippen molar-refractivity contribution in [2.75, 3.05) is 0 Å². The van der Waals surface area contributed by atoms with Crippen molar-refractivity contribution in [3.05, 3.63) is 28.2 Å². The van der Waals surface area contributed by atoms with E-state index in [2.05, 4.69) is 11.9 Å². The van der Waals surface area contributed by atoms with E-state index in [1.807, 2.05) is 18.2 Å². The Bertz CT molecular complexity index is 481. The second-order valence-electron chi connectivity index (χ2n) is 3.97. The highest BCUT2D eigenvalue weighted by Gasteiger charge is 2.08. The molecule has 1 atom stereocenters. The summed E-state index contributed by atoms with van der Waals surface area (Å²) in [5.74, 6) is 0. The van der Waals surface area contributed by atoms with Gasteiger partial charge in [-0.3, -0.25) is 0 Å². The van der Waals surface area contributed by atoms with Crippen molar-refractivity contribution in [3.8, 4) is 0 Å². The van der Waals surface area contributed by atoms with Gasteiger partial charge in [0.2, 0.25) is 0 Å². The van der Waals surface area contributed by atoms with Gasteiger partial charge in [0.05, 0.1) is 15.2 Å². The Kier molecular flexibility index (Phi) is 3.79. The first-order valence-electron chi connectivity index (χ1n) is 5.49. The quantitative estimate of drug-likeness (QED) is 0.905. The summed E-state index contributed by atoms with van der Waals surface area (Å²) in [6, 6.07) is 6.02.